The largest absolute Gasteiger partial charge is 0.493 e. The van der Waals surface area contributed by atoms with Crippen LogP contribution in [0.3, 0.4) is 0 Å². The van der Waals surface area contributed by atoms with Gasteiger partial charge in [-0.25, -0.2) is 0 Å². The van der Waals surface area contributed by atoms with E-state index in [1.807, 2.05) is 48.5 Å². The van der Waals surface area contributed by atoms with Crippen LogP contribution >= 0.6 is 15.9 Å². The van der Waals surface area contributed by atoms with Crippen molar-refractivity contribution in [3.8, 4) is 11.5 Å². The third kappa shape index (κ3) is 5.94. The smallest absolute Gasteiger partial charge is 0.187 e. The number of Topliss-reactive ketones (excluding diaryl/α,β-unsaturated/α-hetero) is 1. The maximum Gasteiger partial charge on any atom is 0.187 e. The Hall–Kier alpha value is -2.74. The molecule has 0 saturated heterocycles. The highest BCUT2D eigenvalue weighted by molar-refractivity contribution is 9.10. The molecule has 0 aliphatic rings. The Morgan fingerprint density at radius 2 is 1.78 bits per heavy atom. The van der Waals surface area contributed by atoms with Crippen LogP contribution in [0.1, 0.15) is 17.2 Å². The number of carbonyl (C=O) groups excluding carboxylic acids is 1. The molecule has 0 heterocycles. The molecule has 0 amide bonds. The number of nitrogens with zero attached hydrogens (tertiary/aromatic N) is 1. The van der Waals surface area contributed by atoms with Crippen molar-refractivity contribution >= 4 is 38.7 Å². The van der Waals surface area contributed by atoms with Gasteiger partial charge in [-0.1, -0.05) is 36.4 Å². The highest BCUT2D eigenvalue weighted by atomic mass is 79.9. The number of hydrogen-bond donors (Lipinski definition) is 0. The van der Waals surface area contributed by atoms with Gasteiger partial charge < -0.3 is 18.9 Å². The van der Waals surface area contributed by atoms with E-state index < -0.39 is 6.10 Å². The molecule has 0 saturated carbocycles. The molecule has 0 spiro atoms. The number of aliphatic imine (C=N–C) groups is 1. The summed E-state index contributed by atoms with van der Waals surface area (Å²) in [5.41, 5.74) is 1.58. The summed E-state index contributed by atoms with van der Waals surface area (Å²) >= 11 is 3.46. The van der Waals surface area contributed by atoms with Gasteiger partial charge in [-0.2, -0.15) is 0 Å². The molecule has 0 aromatic heterocycles. The van der Waals surface area contributed by atoms with E-state index in [9.17, 15) is 4.79 Å². The number of carbonyl (C=O) groups is 1. The minimum absolute atomic E-state index is 0.0174. The average molecular weight is 500 g/mol. The summed E-state index contributed by atoms with van der Waals surface area (Å²) < 4.78 is 22.4. The lowest BCUT2D eigenvalue weighted by atomic mass is 10.0. The van der Waals surface area contributed by atoms with Gasteiger partial charge in [-0.05, 0) is 56.0 Å². The molecule has 0 aliphatic carbocycles. The summed E-state index contributed by atoms with van der Waals surface area (Å²) in [7, 11) is 4.74. The summed E-state index contributed by atoms with van der Waals surface area (Å²) in [6.45, 7) is 0.697. The van der Waals surface area contributed by atoms with Gasteiger partial charge in [0.05, 0.1) is 31.9 Å². The Morgan fingerprint density at radius 3 is 2.50 bits per heavy atom. The number of ether oxygens (including phenoxy) is 4. The third-order valence-corrected chi connectivity index (χ3v) is 5.47. The van der Waals surface area contributed by atoms with Gasteiger partial charge >= 0.3 is 0 Å². The van der Waals surface area contributed by atoms with Crippen LogP contribution in [0.25, 0.3) is 10.8 Å². The lowest BCUT2D eigenvalue weighted by Crippen LogP contribution is -2.20. The van der Waals surface area contributed by atoms with E-state index in [1.54, 1.807) is 33.6 Å². The summed E-state index contributed by atoms with van der Waals surface area (Å²) in [6, 6.07) is 17.6. The van der Waals surface area contributed by atoms with Gasteiger partial charge in [-0.15, -0.1) is 0 Å². The van der Waals surface area contributed by atoms with E-state index in [1.165, 1.54) is 0 Å². The zero-order chi connectivity index (χ0) is 22.9. The van der Waals surface area contributed by atoms with Gasteiger partial charge in [0.15, 0.2) is 17.3 Å². The predicted molar refractivity (Wildman–Crippen MR) is 129 cm³/mol. The van der Waals surface area contributed by atoms with Crippen molar-refractivity contribution in [2.45, 2.75) is 6.10 Å². The molecule has 0 N–H and O–H groups in total. The molecule has 0 aliphatic heterocycles. The van der Waals surface area contributed by atoms with Gasteiger partial charge in [0.1, 0.15) is 12.6 Å². The van der Waals surface area contributed by atoms with Crippen LogP contribution in [0.2, 0.25) is 0 Å². The van der Waals surface area contributed by atoms with E-state index in [2.05, 4.69) is 20.9 Å². The van der Waals surface area contributed by atoms with E-state index in [-0.39, 0.29) is 12.3 Å². The first-order valence-electron chi connectivity index (χ1n) is 10.1. The van der Waals surface area contributed by atoms with E-state index in [0.29, 0.717) is 24.7 Å². The second-order valence-electron chi connectivity index (χ2n) is 7.02. The highest BCUT2D eigenvalue weighted by Gasteiger charge is 2.21. The quantitative estimate of drug-likeness (QED) is 0.274. The second-order valence-corrected chi connectivity index (χ2v) is 7.88. The standard InChI is InChI=1S/C25H26BrNO5/c1-29-10-11-32-24(20-9-8-18-6-4-5-7-19(18)14-20)22(28)16-27-15-17-12-21(26)25(31-3)23(13-17)30-2/h4-9,12-15,24H,10-11,16H2,1-3H3. The fraction of sp³-hybridized carbons (Fsp3) is 0.280. The van der Waals surface area contributed by atoms with Gasteiger partial charge in [-0.3, -0.25) is 9.79 Å². The van der Waals surface area contributed by atoms with Crippen LogP contribution in [0.15, 0.2) is 64.1 Å². The van der Waals surface area contributed by atoms with Crippen molar-refractivity contribution in [2.24, 2.45) is 4.99 Å². The fourth-order valence-corrected chi connectivity index (χ4v) is 3.95. The number of hydrogen-bond acceptors (Lipinski definition) is 6. The molecule has 3 aromatic carbocycles. The Bertz CT molecular complexity index is 1100. The number of fused-ring (bicyclic) bond motifs is 1. The van der Waals surface area contributed by atoms with E-state index >= 15 is 0 Å². The second kappa shape index (κ2) is 11.8. The summed E-state index contributed by atoms with van der Waals surface area (Å²) in [5, 5.41) is 2.16. The Balaban J connectivity index is 1.78. The average Bonchev–Trinajstić information content (AvgIpc) is 2.81. The van der Waals surface area contributed by atoms with Crippen molar-refractivity contribution in [1.82, 2.24) is 0 Å². The van der Waals surface area contributed by atoms with Gasteiger partial charge in [0, 0.05) is 13.3 Å². The maximum absolute atomic E-state index is 13.0. The molecule has 0 bridgehead atoms. The molecule has 3 rings (SSSR count). The third-order valence-electron chi connectivity index (χ3n) is 4.88. The Kier molecular flexibility index (Phi) is 8.79. The maximum atomic E-state index is 13.0. The normalized spacial score (nSPS) is 12.2. The van der Waals surface area contributed by atoms with Crippen LogP contribution in [-0.2, 0) is 14.3 Å². The molecule has 1 unspecified atom stereocenters. The zero-order valence-corrected chi connectivity index (χ0v) is 19.9. The topological polar surface area (TPSA) is 66.4 Å². The molecule has 32 heavy (non-hydrogen) atoms. The minimum atomic E-state index is -0.718. The number of halogens is 1. The van der Waals surface area contributed by atoms with Crippen molar-refractivity contribution < 1.29 is 23.7 Å². The molecular formula is C25H26BrNO5. The number of benzene rings is 3. The van der Waals surface area contributed by atoms with Gasteiger partial charge in [0.25, 0.3) is 0 Å². The zero-order valence-electron chi connectivity index (χ0n) is 18.3. The molecule has 168 valence electrons. The predicted octanol–water partition coefficient (Wildman–Crippen LogP) is 5.01. The molecule has 6 nitrogen and oxygen atoms in total. The van der Waals surface area contributed by atoms with Crippen molar-refractivity contribution in [3.63, 3.8) is 0 Å². The van der Waals surface area contributed by atoms with E-state index in [4.69, 9.17) is 18.9 Å². The van der Waals surface area contributed by atoms with Crippen molar-refractivity contribution in [1.29, 1.82) is 0 Å². The molecular weight excluding hydrogens is 474 g/mol. The van der Waals surface area contributed by atoms with Crippen LogP contribution in [0, 0.1) is 0 Å². The lowest BCUT2D eigenvalue weighted by Gasteiger charge is -2.17. The SMILES string of the molecule is COCCOC(C(=O)CN=Cc1cc(Br)c(OC)c(OC)c1)c1ccc2ccccc2c1. The number of rotatable bonds is 11. The highest BCUT2D eigenvalue weighted by Crippen LogP contribution is 2.35. The van der Waals surface area contributed by atoms with Crippen LogP contribution in [0.4, 0.5) is 0 Å². The Morgan fingerprint density at radius 1 is 1.00 bits per heavy atom. The van der Waals surface area contributed by atoms with Crippen molar-refractivity contribution in [2.75, 3.05) is 41.1 Å². The molecule has 3 aromatic rings. The molecule has 0 fully saturated rings. The van der Waals surface area contributed by atoms with Crippen LogP contribution in [0.5, 0.6) is 11.5 Å². The number of ketones is 1. The first kappa shape index (κ1) is 23.9. The summed E-state index contributed by atoms with van der Waals surface area (Å²) in [6.07, 6.45) is 0.918. The fourth-order valence-electron chi connectivity index (χ4n) is 3.33. The first-order valence-corrected chi connectivity index (χ1v) is 10.9. The lowest BCUT2D eigenvalue weighted by molar-refractivity contribution is -0.130. The molecule has 1 atom stereocenters. The van der Waals surface area contributed by atoms with Gasteiger partial charge in [0.2, 0.25) is 0 Å². The van der Waals surface area contributed by atoms with Crippen molar-refractivity contribution in [3.05, 3.63) is 70.2 Å². The molecule has 0 radical (unpaired) electrons. The first-order chi connectivity index (χ1) is 15.6. The van der Waals surface area contributed by atoms with Crippen LogP contribution < -0.4 is 9.47 Å². The summed E-state index contributed by atoms with van der Waals surface area (Å²) in [5.74, 6) is 1.04. The Labute approximate surface area is 196 Å². The molecule has 7 heteroatoms. The summed E-state index contributed by atoms with van der Waals surface area (Å²) in [4.78, 5) is 17.4. The van der Waals surface area contributed by atoms with Crippen LogP contribution in [-0.4, -0.2) is 53.1 Å². The minimum Gasteiger partial charge on any atom is -0.493 e. The monoisotopic (exact) mass is 499 g/mol. The number of methoxy groups -OCH3 is 3. The van der Waals surface area contributed by atoms with E-state index in [0.717, 1.165) is 26.4 Å².